The summed E-state index contributed by atoms with van der Waals surface area (Å²) in [6, 6.07) is 3.21. The predicted molar refractivity (Wildman–Crippen MR) is 153 cm³/mol. The lowest BCUT2D eigenvalue weighted by atomic mass is 9.82. The van der Waals surface area contributed by atoms with Crippen LogP contribution in [0.3, 0.4) is 0 Å². The van der Waals surface area contributed by atoms with Crippen molar-refractivity contribution < 1.29 is 43.2 Å². The van der Waals surface area contributed by atoms with Crippen LogP contribution in [0.4, 0.5) is 4.79 Å². The van der Waals surface area contributed by atoms with E-state index in [2.05, 4.69) is 0 Å². The van der Waals surface area contributed by atoms with Gasteiger partial charge in [-0.1, -0.05) is 58.9 Å². The molecule has 0 aromatic heterocycles. The average molecular weight is 578 g/mol. The number of aliphatic carboxylic acids is 1. The van der Waals surface area contributed by atoms with Gasteiger partial charge in [-0.25, -0.2) is 4.79 Å². The van der Waals surface area contributed by atoms with Gasteiger partial charge in [0.25, 0.3) is 0 Å². The fourth-order valence-corrected chi connectivity index (χ4v) is 4.98. The fraction of sp³-hybridized carbons (Fsp3) is 0.677. The molecular weight excluding hydrogens is 530 g/mol. The molecule has 2 rings (SSSR count). The van der Waals surface area contributed by atoms with Gasteiger partial charge in [-0.3, -0.25) is 14.4 Å². The first kappa shape index (κ1) is 34.1. The van der Waals surface area contributed by atoms with Crippen molar-refractivity contribution in [3.05, 3.63) is 23.8 Å². The molecule has 230 valence electrons. The van der Waals surface area contributed by atoms with Gasteiger partial charge in [-0.05, 0) is 62.1 Å². The van der Waals surface area contributed by atoms with Gasteiger partial charge in [0.2, 0.25) is 0 Å². The minimum atomic E-state index is -1.35. The molecule has 0 heterocycles. The Kier molecular flexibility index (Phi) is 15.2. The van der Waals surface area contributed by atoms with E-state index in [1.54, 1.807) is 13.0 Å². The Labute approximate surface area is 243 Å². The maximum Gasteiger partial charge on any atom is 0.508 e. The zero-order valence-electron chi connectivity index (χ0n) is 24.7. The lowest BCUT2D eigenvalue weighted by Crippen LogP contribution is -2.40. The number of rotatable bonds is 17. The first-order chi connectivity index (χ1) is 19.7. The fourth-order valence-electron chi connectivity index (χ4n) is 4.98. The highest BCUT2D eigenvalue weighted by molar-refractivity contribution is 5.77. The summed E-state index contributed by atoms with van der Waals surface area (Å²) in [5.41, 5.74) is 6.55. The van der Waals surface area contributed by atoms with E-state index in [0.717, 1.165) is 57.8 Å². The molecule has 3 atom stereocenters. The number of hydrogen-bond donors (Lipinski definition) is 2. The SMILES string of the molecule is CCCCCC(=O)Oc1ccc(C(C(C)COC(=O)OC2CCCCC2)[C@H](N)C(=O)O)cc1OC(=O)CCCCC. The second kappa shape index (κ2) is 18.3. The van der Waals surface area contributed by atoms with Gasteiger partial charge in [0.05, 0.1) is 6.61 Å². The monoisotopic (exact) mass is 577 g/mol. The summed E-state index contributed by atoms with van der Waals surface area (Å²) in [7, 11) is 0. The summed E-state index contributed by atoms with van der Waals surface area (Å²) in [6.07, 6.45) is 9.13. The number of carbonyl (C=O) groups is 4. The van der Waals surface area contributed by atoms with E-state index in [0.29, 0.717) is 18.4 Å². The molecule has 1 aromatic rings. The van der Waals surface area contributed by atoms with Gasteiger partial charge in [-0.2, -0.15) is 0 Å². The third kappa shape index (κ3) is 12.1. The van der Waals surface area contributed by atoms with Gasteiger partial charge in [0.1, 0.15) is 12.1 Å². The number of benzene rings is 1. The molecule has 0 spiro atoms. The van der Waals surface area contributed by atoms with Crippen molar-refractivity contribution in [2.24, 2.45) is 11.7 Å². The molecule has 0 saturated heterocycles. The van der Waals surface area contributed by atoms with Gasteiger partial charge in [0.15, 0.2) is 11.5 Å². The third-order valence-corrected chi connectivity index (χ3v) is 7.33. The lowest BCUT2D eigenvalue weighted by molar-refractivity contribution is -0.139. The van der Waals surface area contributed by atoms with Crippen molar-refractivity contribution in [1.82, 2.24) is 0 Å². The Morgan fingerprint density at radius 2 is 1.49 bits per heavy atom. The molecule has 2 unspecified atom stereocenters. The van der Waals surface area contributed by atoms with Crippen LogP contribution in [0.2, 0.25) is 0 Å². The Hall–Kier alpha value is -3.14. The summed E-state index contributed by atoms with van der Waals surface area (Å²) >= 11 is 0. The molecule has 0 radical (unpaired) electrons. The van der Waals surface area contributed by atoms with E-state index < -0.39 is 41.9 Å². The molecule has 0 aliphatic heterocycles. The highest BCUT2D eigenvalue weighted by atomic mass is 16.7. The van der Waals surface area contributed by atoms with Crippen molar-refractivity contribution in [2.45, 2.75) is 122 Å². The number of carboxylic acids is 1. The minimum absolute atomic E-state index is 0.0141. The van der Waals surface area contributed by atoms with Crippen LogP contribution < -0.4 is 15.2 Å². The van der Waals surface area contributed by atoms with Gasteiger partial charge < -0.3 is 29.8 Å². The van der Waals surface area contributed by atoms with Crippen molar-refractivity contribution in [3.63, 3.8) is 0 Å². The minimum Gasteiger partial charge on any atom is -0.480 e. The van der Waals surface area contributed by atoms with Crippen LogP contribution in [-0.2, 0) is 23.9 Å². The third-order valence-electron chi connectivity index (χ3n) is 7.33. The van der Waals surface area contributed by atoms with E-state index >= 15 is 0 Å². The number of ether oxygens (including phenoxy) is 4. The molecular formula is C31H47NO9. The average Bonchev–Trinajstić information content (AvgIpc) is 2.94. The summed E-state index contributed by atoms with van der Waals surface area (Å²) in [5.74, 6) is -3.44. The predicted octanol–water partition coefficient (Wildman–Crippen LogP) is 6.28. The topological polar surface area (TPSA) is 151 Å². The van der Waals surface area contributed by atoms with Gasteiger partial charge >= 0.3 is 24.1 Å². The van der Waals surface area contributed by atoms with Crippen LogP contribution in [0, 0.1) is 5.92 Å². The van der Waals surface area contributed by atoms with Crippen LogP contribution in [0.25, 0.3) is 0 Å². The van der Waals surface area contributed by atoms with Crippen molar-refractivity contribution in [1.29, 1.82) is 0 Å². The van der Waals surface area contributed by atoms with Crippen LogP contribution in [0.5, 0.6) is 11.5 Å². The largest absolute Gasteiger partial charge is 0.508 e. The number of hydrogen-bond acceptors (Lipinski definition) is 9. The van der Waals surface area contributed by atoms with Crippen LogP contribution in [0.1, 0.15) is 116 Å². The molecule has 1 saturated carbocycles. The molecule has 1 fully saturated rings. The van der Waals surface area contributed by atoms with E-state index in [4.69, 9.17) is 24.7 Å². The zero-order chi connectivity index (χ0) is 30.2. The highest BCUT2D eigenvalue weighted by Crippen LogP contribution is 2.36. The number of nitrogens with two attached hydrogens (primary N) is 1. The number of esters is 2. The first-order valence-electron chi connectivity index (χ1n) is 15.0. The second-order valence-electron chi connectivity index (χ2n) is 10.9. The molecule has 3 N–H and O–H groups in total. The summed E-state index contributed by atoms with van der Waals surface area (Å²) < 4.78 is 21.9. The molecule has 10 nitrogen and oxygen atoms in total. The molecule has 41 heavy (non-hydrogen) atoms. The standard InChI is InChI=1S/C31H47NO9/c1-4-6-9-15-26(33)40-24-18-17-22(19-25(24)41-27(34)16-10-7-5-2)28(29(32)30(35)36)21(3)20-38-31(37)39-23-13-11-8-12-14-23/h17-19,21,23,28-29H,4-16,20,32H2,1-3H3,(H,35,36)/t21?,28?,29-/m0/s1. The van der Waals surface area contributed by atoms with Crippen molar-refractivity contribution in [3.8, 4) is 11.5 Å². The van der Waals surface area contributed by atoms with E-state index in [-0.39, 0.29) is 37.1 Å². The van der Waals surface area contributed by atoms with E-state index in [9.17, 15) is 24.3 Å². The van der Waals surface area contributed by atoms with E-state index in [1.165, 1.54) is 12.1 Å². The Morgan fingerprint density at radius 1 is 0.902 bits per heavy atom. The maximum atomic E-state index is 12.6. The van der Waals surface area contributed by atoms with Crippen molar-refractivity contribution >= 4 is 24.1 Å². The van der Waals surface area contributed by atoms with Gasteiger partial charge in [0, 0.05) is 18.8 Å². The molecule has 0 amide bonds. The normalized spacial score (nSPS) is 15.8. The number of unbranched alkanes of at least 4 members (excludes halogenated alkanes) is 4. The molecule has 1 aliphatic carbocycles. The molecule has 0 bridgehead atoms. The first-order valence-corrected chi connectivity index (χ1v) is 15.0. The number of carboxylic acid groups (broad SMARTS) is 1. The molecule has 10 heteroatoms. The smallest absolute Gasteiger partial charge is 0.480 e. The zero-order valence-corrected chi connectivity index (χ0v) is 24.7. The summed E-state index contributed by atoms with van der Waals surface area (Å²) in [4.78, 5) is 49.3. The van der Waals surface area contributed by atoms with Crippen LogP contribution in [-0.4, -0.2) is 47.9 Å². The van der Waals surface area contributed by atoms with E-state index in [1.807, 2.05) is 13.8 Å². The van der Waals surface area contributed by atoms with Crippen LogP contribution >= 0.6 is 0 Å². The Bertz CT molecular complexity index is 990. The Morgan fingerprint density at radius 3 is 2.05 bits per heavy atom. The lowest BCUT2D eigenvalue weighted by Gasteiger charge is -2.28. The maximum absolute atomic E-state index is 12.6. The van der Waals surface area contributed by atoms with Gasteiger partial charge in [-0.15, -0.1) is 0 Å². The van der Waals surface area contributed by atoms with Crippen LogP contribution in [0.15, 0.2) is 18.2 Å². The Balaban J connectivity index is 2.24. The molecule has 1 aromatic carbocycles. The highest BCUT2D eigenvalue weighted by Gasteiger charge is 2.33. The summed E-state index contributed by atoms with van der Waals surface area (Å²) in [5, 5.41) is 9.76. The number of carbonyl (C=O) groups excluding carboxylic acids is 3. The summed E-state index contributed by atoms with van der Waals surface area (Å²) in [6.45, 7) is 5.65. The van der Waals surface area contributed by atoms with Crippen molar-refractivity contribution in [2.75, 3.05) is 6.61 Å². The molecule has 1 aliphatic rings. The second-order valence-corrected chi connectivity index (χ2v) is 10.9. The quantitative estimate of drug-likeness (QED) is 0.123.